The number of ketones is 1. The van der Waals surface area contributed by atoms with Gasteiger partial charge in [0.1, 0.15) is 5.82 Å². The molecule has 0 aliphatic carbocycles. The SMILES string of the molecule is Cc1ccc2c(c1)C(=O)CCN2C(=O)c1ccccc1F. The van der Waals surface area contributed by atoms with E-state index < -0.39 is 11.7 Å². The summed E-state index contributed by atoms with van der Waals surface area (Å²) in [4.78, 5) is 26.0. The van der Waals surface area contributed by atoms with Gasteiger partial charge in [-0.15, -0.1) is 0 Å². The lowest BCUT2D eigenvalue weighted by Crippen LogP contribution is -2.37. The van der Waals surface area contributed by atoms with Crippen LogP contribution in [0, 0.1) is 12.7 Å². The third-order valence-corrected chi connectivity index (χ3v) is 3.66. The van der Waals surface area contributed by atoms with Crippen LogP contribution < -0.4 is 4.90 Å². The molecule has 0 aromatic heterocycles. The fourth-order valence-corrected chi connectivity index (χ4v) is 2.57. The molecule has 0 spiro atoms. The molecule has 1 aliphatic rings. The fraction of sp³-hybridized carbons (Fsp3) is 0.176. The van der Waals surface area contributed by atoms with Gasteiger partial charge < -0.3 is 4.90 Å². The minimum atomic E-state index is -0.548. The quantitative estimate of drug-likeness (QED) is 0.804. The number of hydrogen-bond acceptors (Lipinski definition) is 2. The molecule has 0 atom stereocenters. The third kappa shape index (κ3) is 2.33. The minimum Gasteiger partial charge on any atom is -0.307 e. The van der Waals surface area contributed by atoms with Crippen molar-refractivity contribution < 1.29 is 14.0 Å². The number of Topliss-reactive ketones (excluding diaryl/α,β-unsaturated/α-hetero) is 1. The van der Waals surface area contributed by atoms with E-state index >= 15 is 0 Å². The van der Waals surface area contributed by atoms with E-state index in [1.165, 1.54) is 17.0 Å². The van der Waals surface area contributed by atoms with E-state index in [4.69, 9.17) is 0 Å². The van der Waals surface area contributed by atoms with Gasteiger partial charge in [0.15, 0.2) is 5.78 Å². The van der Waals surface area contributed by atoms with E-state index in [0.717, 1.165) is 5.56 Å². The predicted octanol–water partition coefficient (Wildman–Crippen LogP) is 3.37. The van der Waals surface area contributed by atoms with Crippen LogP contribution in [0.3, 0.4) is 0 Å². The molecule has 3 rings (SSSR count). The lowest BCUT2D eigenvalue weighted by atomic mass is 9.97. The number of hydrogen-bond donors (Lipinski definition) is 0. The number of anilines is 1. The number of fused-ring (bicyclic) bond motifs is 1. The maximum atomic E-state index is 13.8. The van der Waals surface area contributed by atoms with E-state index in [-0.39, 0.29) is 24.3 Å². The second-order valence-electron chi connectivity index (χ2n) is 5.13. The number of halogens is 1. The van der Waals surface area contributed by atoms with Gasteiger partial charge in [0.25, 0.3) is 5.91 Å². The third-order valence-electron chi connectivity index (χ3n) is 3.66. The summed E-state index contributed by atoms with van der Waals surface area (Å²) in [5, 5.41) is 0. The molecule has 1 amide bonds. The molecular formula is C17H14FNO2. The first-order valence-electron chi connectivity index (χ1n) is 6.78. The summed E-state index contributed by atoms with van der Waals surface area (Å²) >= 11 is 0. The standard InChI is InChI=1S/C17H14FNO2/c1-11-6-7-15-13(10-11)16(20)8-9-19(15)17(21)12-4-2-3-5-14(12)18/h2-7,10H,8-9H2,1H3. The number of nitrogens with zero attached hydrogens (tertiary/aromatic N) is 1. The Kier molecular flexibility index (Phi) is 3.29. The highest BCUT2D eigenvalue weighted by molar-refractivity contribution is 6.13. The highest BCUT2D eigenvalue weighted by Crippen LogP contribution is 2.29. The van der Waals surface area contributed by atoms with Crippen LogP contribution in [0.5, 0.6) is 0 Å². The molecule has 0 bridgehead atoms. The van der Waals surface area contributed by atoms with E-state index in [1.807, 2.05) is 13.0 Å². The van der Waals surface area contributed by atoms with Gasteiger partial charge >= 0.3 is 0 Å². The van der Waals surface area contributed by atoms with Crippen molar-refractivity contribution in [3.8, 4) is 0 Å². The summed E-state index contributed by atoms with van der Waals surface area (Å²) < 4.78 is 13.8. The van der Waals surface area contributed by atoms with Crippen LogP contribution in [0.2, 0.25) is 0 Å². The van der Waals surface area contributed by atoms with Gasteiger partial charge in [-0.05, 0) is 31.2 Å². The topological polar surface area (TPSA) is 37.4 Å². The number of carbonyl (C=O) groups is 2. The molecule has 106 valence electrons. The molecule has 1 aliphatic heterocycles. The summed E-state index contributed by atoms with van der Waals surface area (Å²) in [6, 6.07) is 11.3. The monoisotopic (exact) mass is 283 g/mol. The van der Waals surface area contributed by atoms with Crippen LogP contribution in [-0.4, -0.2) is 18.2 Å². The van der Waals surface area contributed by atoms with Crippen LogP contribution >= 0.6 is 0 Å². The largest absolute Gasteiger partial charge is 0.307 e. The Morgan fingerprint density at radius 2 is 1.95 bits per heavy atom. The molecule has 3 nitrogen and oxygen atoms in total. The lowest BCUT2D eigenvalue weighted by molar-refractivity contribution is 0.0953. The second kappa shape index (κ2) is 5.13. The van der Waals surface area contributed by atoms with Crippen molar-refractivity contribution >= 4 is 17.4 Å². The molecule has 2 aromatic carbocycles. The summed E-state index contributed by atoms with van der Waals surface area (Å²) in [6.07, 6.45) is 0.261. The second-order valence-corrected chi connectivity index (χ2v) is 5.13. The van der Waals surface area contributed by atoms with Crippen molar-refractivity contribution in [2.24, 2.45) is 0 Å². The average Bonchev–Trinajstić information content (AvgIpc) is 2.48. The number of aryl methyl sites for hydroxylation is 1. The Hall–Kier alpha value is -2.49. The van der Waals surface area contributed by atoms with Crippen molar-refractivity contribution in [1.82, 2.24) is 0 Å². The first-order chi connectivity index (χ1) is 10.1. The molecule has 0 radical (unpaired) electrons. The van der Waals surface area contributed by atoms with Crippen LogP contribution in [0.25, 0.3) is 0 Å². The molecule has 0 fully saturated rings. The summed E-state index contributed by atoms with van der Waals surface area (Å²) in [6.45, 7) is 2.17. The zero-order valence-electron chi connectivity index (χ0n) is 11.6. The van der Waals surface area contributed by atoms with Crippen LogP contribution in [0.4, 0.5) is 10.1 Å². The Morgan fingerprint density at radius 1 is 1.19 bits per heavy atom. The maximum absolute atomic E-state index is 13.8. The number of amides is 1. The summed E-state index contributed by atoms with van der Waals surface area (Å²) in [5.74, 6) is -0.940. The number of benzene rings is 2. The van der Waals surface area contributed by atoms with Crippen LogP contribution in [0.15, 0.2) is 42.5 Å². The molecule has 0 saturated carbocycles. The predicted molar refractivity (Wildman–Crippen MR) is 78.2 cm³/mol. The molecule has 21 heavy (non-hydrogen) atoms. The highest BCUT2D eigenvalue weighted by atomic mass is 19.1. The van der Waals surface area contributed by atoms with Crippen molar-refractivity contribution in [2.75, 3.05) is 11.4 Å². The van der Waals surface area contributed by atoms with E-state index in [9.17, 15) is 14.0 Å². The lowest BCUT2D eigenvalue weighted by Gasteiger charge is -2.29. The van der Waals surface area contributed by atoms with Crippen molar-refractivity contribution in [1.29, 1.82) is 0 Å². The van der Waals surface area contributed by atoms with Crippen molar-refractivity contribution in [3.63, 3.8) is 0 Å². The summed E-state index contributed by atoms with van der Waals surface area (Å²) in [7, 11) is 0. The van der Waals surface area contributed by atoms with Gasteiger partial charge in [0.2, 0.25) is 0 Å². The molecular weight excluding hydrogens is 269 g/mol. The zero-order chi connectivity index (χ0) is 15.0. The fourth-order valence-electron chi connectivity index (χ4n) is 2.57. The van der Waals surface area contributed by atoms with Gasteiger partial charge in [0.05, 0.1) is 11.3 Å². The van der Waals surface area contributed by atoms with Crippen LogP contribution in [-0.2, 0) is 0 Å². The molecule has 4 heteroatoms. The van der Waals surface area contributed by atoms with E-state index in [1.54, 1.807) is 24.3 Å². The maximum Gasteiger partial charge on any atom is 0.261 e. The molecule has 0 saturated heterocycles. The zero-order valence-corrected chi connectivity index (χ0v) is 11.6. The first-order valence-corrected chi connectivity index (χ1v) is 6.78. The average molecular weight is 283 g/mol. The van der Waals surface area contributed by atoms with Gasteiger partial charge in [-0.2, -0.15) is 0 Å². The van der Waals surface area contributed by atoms with E-state index in [0.29, 0.717) is 11.3 Å². The van der Waals surface area contributed by atoms with Gasteiger partial charge in [-0.1, -0.05) is 23.8 Å². The Morgan fingerprint density at radius 3 is 2.71 bits per heavy atom. The number of carbonyl (C=O) groups excluding carboxylic acids is 2. The smallest absolute Gasteiger partial charge is 0.261 e. The van der Waals surface area contributed by atoms with Gasteiger partial charge in [0, 0.05) is 18.5 Å². The molecule has 1 heterocycles. The van der Waals surface area contributed by atoms with Crippen molar-refractivity contribution in [3.05, 3.63) is 65.0 Å². The van der Waals surface area contributed by atoms with Gasteiger partial charge in [-0.25, -0.2) is 4.39 Å². The van der Waals surface area contributed by atoms with Gasteiger partial charge in [-0.3, -0.25) is 9.59 Å². The van der Waals surface area contributed by atoms with Crippen molar-refractivity contribution in [2.45, 2.75) is 13.3 Å². The molecule has 0 unspecified atom stereocenters. The Labute approximate surface area is 122 Å². The normalized spacial score (nSPS) is 14.0. The molecule has 0 N–H and O–H groups in total. The summed E-state index contributed by atoms with van der Waals surface area (Å²) in [5.41, 5.74) is 2.08. The van der Waals surface area contributed by atoms with Crippen LogP contribution in [0.1, 0.15) is 32.7 Å². The Bertz CT molecular complexity index is 739. The van der Waals surface area contributed by atoms with E-state index in [2.05, 4.69) is 0 Å². The first kappa shape index (κ1) is 13.5. The highest BCUT2D eigenvalue weighted by Gasteiger charge is 2.29. The molecule has 2 aromatic rings. The minimum absolute atomic E-state index is 0.0197. The number of rotatable bonds is 1. The Balaban J connectivity index is 2.06.